The maximum atomic E-state index is 13.1. The van der Waals surface area contributed by atoms with Crippen molar-refractivity contribution in [1.82, 2.24) is 9.78 Å². The van der Waals surface area contributed by atoms with E-state index in [0.717, 1.165) is 23.0 Å². The highest BCUT2D eigenvalue weighted by Crippen LogP contribution is 2.17. The van der Waals surface area contributed by atoms with E-state index in [4.69, 9.17) is 0 Å². The van der Waals surface area contributed by atoms with Crippen molar-refractivity contribution in [2.24, 2.45) is 7.05 Å². The van der Waals surface area contributed by atoms with Crippen LogP contribution in [0.1, 0.15) is 22.5 Å². The monoisotopic (exact) mass is 280 g/mol. The van der Waals surface area contributed by atoms with Crippen molar-refractivity contribution in [2.75, 3.05) is 0 Å². The van der Waals surface area contributed by atoms with E-state index in [1.807, 2.05) is 20.9 Å². The molecule has 0 fully saturated rings. The Morgan fingerprint density at radius 2 is 1.75 bits per heavy atom. The Balaban J connectivity index is 2.10. The molecule has 1 unspecified atom stereocenters. The number of rotatable bonds is 4. The number of halogens is 2. The maximum absolute atomic E-state index is 13.1. The molecule has 1 N–H and O–H groups in total. The molecule has 0 radical (unpaired) electrons. The second-order valence-electron chi connectivity index (χ2n) is 5.11. The summed E-state index contributed by atoms with van der Waals surface area (Å²) in [5, 5.41) is 14.4. The Bertz CT molecular complexity index is 602. The van der Waals surface area contributed by atoms with Crippen LogP contribution in [0.3, 0.4) is 0 Å². The summed E-state index contributed by atoms with van der Waals surface area (Å²) >= 11 is 0. The standard InChI is InChI=1S/C15H18F2N2O/c1-9-15(10(2)19(3)18-9)8-14(20)6-11-4-12(16)7-13(17)5-11/h4-5,7,14,20H,6,8H2,1-3H3. The molecule has 1 atom stereocenters. The van der Waals surface area contributed by atoms with Gasteiger partial charge in [0.2, 0.25) is 0 Å². The van der Waals surface area contributed by atoms with E-state index in [2.05, 4.69) is 5.10 Å². The molecule has 2 rings (SSSR count). The molecule has 108 valence electrons. The van der Waals surface area contributed by atoms with Crippen LogP contribution in [0, 0.1) is 25.5 Å². The zero-order chi connectivity index (χ0) is 14.9. The van der Waals surface area contributed by atoms with Gasteiger partial charge in [0.15, 0.2) is 0 Å². The highest BCUT2D eigenvalue weighted by Gasteiger charge is 2.15. The van der Waals surface area contributed by atoms with Gasteiger partial charge in [0.25, 0.3) is 0 Å². The molecule has 1 aromatic carbocycles. The quantitative estimate of drug-likeness (QED) is 0.934. The summed E-state index contributed by atoms with van der Waals surface area (Å²) in [6.07, 6.45) is -0.0654. The molecule has 0 saturated carbocycles. The Morgan fingerprint density at radius 1 is 1.15 bits per heavy atom. The molecule has 20 heavy (non-hydrogen) atoms. The number of aryl methyl sites for hydroxylation is 2. The molecule has 1 aromatic heterocycles. The van der Waals surface area contributed by atoms with Crippen LogP contribution in [0.2, 0.25) is 0 Å². The first-order valence-electron chi connectivity index (χ1n) is 6.49. The summed E-state index contributed by atoms with van der Waals surface area (Å²) in [6, 6.07) is 3.32. The number of aromatic nitrogens is 2. The molecule has 0 aliphatic carbocycles. The largest absolute Gasteiger partial charge is 0.392 e. The number of aliphatic hydroxyl groups excluding tert-OH is 1. The van der Waals surface area contributed by atoms with Gasteiger partial charge in [-0.2, -0.15) is 5.10 Å². The molecule has 0 amide bonds. The van der Waals surface area contributed by atoms with Crippen LogP contribution < -0.4 is 0 Å². The normalized spacial score (nSPS) is 12.7. The van der Waals surface area contributed by atoms with Crippen LogP contribution in [0.25, 0.3) is 0 Å². The Kier molecular flexibility index (Phi) is 4.18. The zero-order valence-corrected chi connectivity index (χ0v) is 11.8. The van der Waals surface area contributed by atoms with Crippen molar-refractivity contribution in [3.05, 3.63) is 52.3 Å². The molecule has 0 aliphatic heterocycles. The van der Waals surface area contributed by atoms with Crippen molar-refractivity contribution in [2.45, 2.75) is 32.8 Å². The van der Waals surface area contributed by atoms with Gasteiger partial charge in [0, 0.05) is 25.2 Å². The van der Waals surface area contributed by atoms with Gasteiger partial charge in [0.05, 0.1) is 11.8 Å². The second kappa shape index (κ2) is 5.71. The first-order valence-corrected chi connectivity index (χ1v) is 6.49. The average Bonchev–Trinajstić information content (AvgIpc) is 2.54. The predicted octanol–water partition coefficient (Wildman–Crippen LogP) is 2.46. The fourth-order valence-corrected chi connectivity index (χ4v) is 2.42. The van der Waals surface area contributed by atoms with E-state index in [1.54, 1.807) is 4.68 Å². The van der Waals surface area contributed by atoms with E-state index in [0.29, 0.717) is 12.0 Å². The molecule has 0 aliphatic rings. The highest BCUT2D eigenvalue weighted by molar-refractivity contribution is 5.26. The van der Waals surface area contributed by atoms with Gasteiger partial charge in [-0.1, -0.05) is 0 Å². The second-order valence-corrected chi connectivity index (χ2v) is 5.11. The van der Waals surface area contributed by atoms with E-state index in [-0.39, 0.29) is 6.42 Å². The number of nitrogens with zero attached hydrogens (tertiary/aromatic N) is 2. The van der Waals surface area contributed by atoms with Gasteiger partial charge in [-0.15, -0.1) is 0 Å². The van der Waals surface area contributed by atoms with Gasteiger partial charge in [-0.3, -0.25) is 4.68 Å². The van der Waals surface area contributed by atoms with Crippen LogP contribution in [0.4, 0.5) is 8.78 Å². The topological polar surface area (TPSA) is 38.0 Å². The third-order valence-electron chi connectivity index (χ3n) is 3.49. The van der Waals surface area contributed by atoms with E-state index in [1.165, 1.54) is 12.1 Å². The molecule has 1 heterocycles. The summed E-state index contributed by atoms with van der Waals surface area (Å²) < 4.78 is 28.0. The summed E-state index contributed by atoms with van der Waals surface area (Å²) in [5.41, 5.74) is 3.30. The van der Waals surface area contributed by atoms with E-state index >= 15 is 0 Å². The molecule has 0 saturated heterocycles. The van der Waals surface area contributed by atoms with Gasteiger partial charge >= 0.3 is 0 Å². The fraction of sp³-hybridized carbons (Fsp3) is 0.400. The lowest BCUT2D eigenvalue weighted by molar-refractivity contribution is 0.175. The predicted molar refractivity (Wildman–Crippen MR) is 72.5 cm³/mol. The van der Waals surface area contributed by atoms with Crippen LogP contribution in [-0.2, 0) is 19.9 Å². The van der Waals surface area contributed by atoms with Gasteiger partial charge in [0.1, 0.15) is 11.6 Å². The van der Waals surface area contributed by atoms with Crippen molar-refractivity contribution >= 4 is 0 Å². The number of hydrogen-bond donors (Lipinski definition) is 1. The van der Waals surface area contributed by atoms with Crippen molar-refractivity contribution in [3.8, 4) is 0 Å². The lowest BCUT2D eigenvalue weighted by atomic mass is 10.00. The summed E-state index contributed by atoms with van der Waals surface area (Å²) in [7, 11) is 1.85. The first-order chi connectivity index (χ1) is 9.36. The first kappa shape index (κ1) is 14.7. The fourth-order valence-electron chi connectivity index (χ4n) is 2.42. The third kappa shape index (κ3) is 3.22. The van der Waals surface area contributed by atoms with Crippen molar-refractivity contribution < 1.29 is 13.9 Å². The molecule has 5 heteroatoms. The average molecular weight is 280 g/mol. The molecule has 2 aromatic rings. The summed E-state index contributed by atoms with van der Waals surface area (Å²) in [5.74, 6) is -1.25. The van der Waals surface area contributed by atoms with Crippen LogP contribution in [0.5, 0.6) is 0 Å². The minimum atomic E-state index is -0.696. The van der Waals surface area contributed by atoms with Gasteiger partial charge in [-0.25, -0.2) is 8.78 Å². The lowest BCUT2D eigenvalue weighted by Crippen LogP contribution is -2.15. The third-order valence-corrected chi connectivity index (χ3v) is 3.49. The van der Waals surface area contributed by atoms with E-state index in [9.17, 15) is 13.9 Å². The summed E-state index contributed by atoms with van der Waals surface area (Å²) in [6.45, 7) is 3.82. The zero-order valence-electron chi connectivity index (χ0n) is 11.8. The number of benzene rings is 1. The van der Waals surface area contributed by atoms with E-state index < -0.39 is 17.7 Å². The van der Waals surface area contributed by atoms with Crippen LogP contribution >= 0.6 is 0 Å². The Labute approximate surface area is 116 Å². The summed E-state index contributed by atoms with van der Waals surface area (Å²) in [4.78, 5) is 0. The maximum Gasteiger partial charge on any atom is 0.126 e. The highest BCUT2D eigenvalue weighted by atomic mass is 19.1. The molecule has 3 nitrogen and oxygen atoms in total. The molecular formula is C15H18F2N2O. The van der Waals surface area contributed by atoms with Crippen molar-refractivity contribution in [1.29, 1.82) is 0 Å². The minimum absolute atomic E-state index is 0.211. The smallest absolute Gasteiger partial charge is 0.126 e. The lowest BCUT2D eigenvalue weighted by Gasteiger charge is -2.11. The SMILES string of the molecule is Cc1nn(C)c(C)c1CC(O)Cc1cc(F)cc(F)c1. The van der Waals surface area contributed by atoms with Crippen LogP contribution in [-0.4, -0.2) is 21.0 Å². The number of aliphatic hydroxyl groups is 1. The van der Waals surface area contributed by atoms with Crippen molar-refractivity contribution in [3.63, 3.8) is 0 Å². The Morgan fingerprint density at radius 3 is 2.25 bits per heavy atom. The molecule has 0 bridgehead atoms. The van der Waals surface area contributed by atoms with Gasteiger partial charge < -0.3 is 5.11 Å². The Hall–Kier alpha value is -1.75. The molecular weight excluding hydrogens is 262 g/mol. The van der Waals surface area contributed by atoms with Gasteiger partial charge in [-0.05, 0) is 43.5 Å². The minimum Gasteiger partial charge on any atom is -0.392 e. The number of hydrogen-bond acceptors (Lipinski definition) is 2. The van der Waals surface area contributed by atoms with Crippen LogP contribution in [0.15, 0.2) is 18.2 Å². The molecule has 0 spiro atoms.